The third kappa shape index (κ3) is 3.44. The number of aryl methyl sites for hydroxylation is 3. The zero-order valence-electron chi connectivity index (χ0n) is 15.1. The molecule has 1 aromatic carbocycles. The van der Waals surface area contributed by atoms with Crippen molar-refractivity contribution < 1.29 is 9.84 Å². The Morgan fingerprint density at radius 1 is 1.20 bits per heavy atom. The molecule has 6 nitrogen and oxygen atoms in total. The van der Waals surface area contributed by atoms with Crippen molar-refractivity contribution in [2.24, 2.45) is 0 Å². The van der Waals surface area contributed by atoms with Crippen LogP contribution in [0.25, 0.3) is 5.65 Å². The van der Waals surface area contributed by atoms with Crippen LogP contribution in [0.1, 0.15) is 35.0 Å². The van der Waals surface area contributed by atoms with E-state index >= 15 is 0 Å². The van der Waals surface area contributed by atoms with Crippen LogP contribution in [0.5, 0.6) is 5.75 Å². The van der Waals surface area contributed by atoms with Crippen molar-refractivity contribution in [1.29, 1.82) is 0 Å². The molecule has 0 fully saturated rings. The number of hydrogen-bond acceptors (Lipinski definition) is 5. The molecular weight excluding hydrogens is 316 g/mol. The van der Waals surface area contributed by atoms with Gasteiger partial charge in [0.15, 0.2) is 5.65 Å². The molecule has 0 spiro atoms. The fraction of sp³-hybridized carbons (Fsp3) is 0.368. The van der Waals surface area contributed by atoms with Gasteiger partial charge in [-0.25, -0.2) is 4.98 Å². The zero-order chi connectivity index (χ0) is 18.0. The van der Waals surface area contributed by atoms with Crippen LogP contribution in [0.3, 0.4) is 0 Å². The number of fused-ring (bicyclic) bond motifs is 1. The molecule has 132 valence electrons. The van der Waals surface area contributed by atoms with Gasteiger partial charge in [-0.2, -0.15) is 9.61 Å². The van der Waals surface area contributed by atoms with Gasteiger partial charge in [-0.1, -0.05) is 12.1 Å². The van der Waals surface area contributed by atoms with E-state index < -0.39 is 0 Å². The van der Waals surface area contributed by atoms with E-state index in [4.69, 9.17) is 4.74 Å². The summed E-state index contributed by atoms with van der Waals surface area (Å²) in [5.74, 6) is 1.68. The van der Waals surface area contributed by atoms with Gasteiger partial charge >= 0.3 is 0 Å². The molecule has 0 saturated heterocycles. The number of nitrogens with one attached hydrogen (secondary N) is 1. The van der Waals surface area contributed by atoms with E-state index in [9.17, 15) is 5.11 Å². The summed E-state index contributed by atoms with van der Waals surface area (Å²) in [5.41, 5.74) is 4.91. The average Bonchev–Trinajstić information content (AvgIpc) is 2.90. The van der Waals surface area contributed by atoms with Gasteiger partial charge in [-0.05, 0) is 44.9 Å². The lowest BCUT2D eigenvalue weighted by atomic mass is 10.0. The summed E-state index contributed by atoms with van der Waals surface area (Å²) in [6.07, 6.45) is 0.592. The number of aliphatic hydroxyl groups excluding tert-OH is 1. The number of benzene rings is 1. The number of aromatic nitrogens is 3. The monoisotopic (exact) mass is 340 g/mol. The summed E-state index contributed by atoms with van der Waals surface area (Å²) in [6, 6.07) is 9.82. The molecule has 3 aromatic rings. The molecule has 1 atom stereocenters. The minimum atomic E-state index is -0.0364. The zero-order valence-corrected chi connectivity index (χ0v) is 15.1. The Kier molecular flexibility index (Phi) is 4.90. The molecule has 2 N–H and O–H groups in total. The molecule has 0 radical (unpaired) electrons. The molecule has 0 aliphatic heterocycles. The molecule has 0 aliphatic carbocycles. The molecule has 0 bridgehead atoms. The highest BCUT2D eigenvalue weighted by Crippen LogP contribution is 2.26. The Labute approximate surface area is 147 Å². The van der Waals surface area contributed by atoms with Crippen LogP contribution in [0.4, 0.5) is 5.82 Å². The molecule has 0 amide bonds. The lowest BCUT2D eigenvalue weighted by Crippen LogP contribution is -2.15. The van der Waals surface area contributed by atoms with E-state index in [1.54, 1.807) is 7.11 Å². The Morgan fingerprint density at radius 3 is 2.56 bits per heavy atom. The lowest BCUT2D eigenvalue weighted by molar-refractivity contribution is 0.280. The van der Waals surface area contributed by atoms with Gasteiger partial charge < -0.3 is 15.2 Å². The van der Waals surface area contributed by atoms with E-state index in [1.165, 1.54) is 0 Å². The van der Waals surface area contributed by atoms with Crippen LogP contribution < -0.4 is 10.1 Å². The summed E-state index contributed by atoms with van der Waals surface area (Å²) in [5, 5.41) is 17.6. The van der Waals surface area contributed by atoms with Gasteiger partial charge in [-0.15, -0.1) is 0 Å². The SMILES string of the molecule is COc1ccc(C(CCO)Nc2cc(C)nc3c(C)c(C)nn23)cc1. The number of rotatable bonds is 6. The Morgan fingerprint density at radius 2 is 1.92 bits per heavy atom. The van der Waals surface area contributed by atoms with Crippen molar-refractivity contribution in [3.8, 4) is 5.75 Å². The molecule has 6 heteroatoms. The van der Waals surface area contributed by atoms with Crippen molar-refractivity contribution >= 4 is 11.5 Å². The smallest absolute Gasteiger partial charge is 0.160 e. The maximum atomic E-state index is 9.49. The second kappa shape index (κ2) is 7.11. The normalized spacial score (nSPS) is 12.4. The van der Waals surface area contributed by atoms with E-state index in [2.05, 4.69) is 15.4 Å². The largest absolute Gasteiger partial charge is 0.497 e. The maximum absolute atomic E-state index is 9.49. The number of anilines is 1. The summed E-state index contributed by atoms with van der Waals surface area (Å²) < 4.78 is 7.06. The topological polar surface area (TPSA) is 71.7 Å². The van der Waals surface area contributed by atoms with Crippen molar-refractivity contribution in [3.05, 3.63) is 52.8 Å². The van der Waals surface area contributed by atoms with Gasteiger partial charge in [0, 0.05) is 23.9 Å². The highest BCUT2D eigenvalue weighted by Gasteiger charge is 2.16. The molecule has 2 heterocycles. The number of hydrogen-bond donors (Lipinski definition) is 2. The van der Waals surface area contributed by atoms with Crippen molar-refractivity contribution in [3.63, 3.8) is 0 Å². The van der Waals surface area contributed by atoms with E-state index in [0.717, 1.165) is 39.7 Å². The predicted molar refractivity (Wildman–Crippen MR) is 98.3 cm³/mol. The standard InChI is InChI=1S/C19H24N4O2/c1-12-11-18(23-19(20-12)13(2)14(3)22-23)21-17(9-10-24)15-5-7-16(25-4)8-6-15/h5-8,11,17,21,24H,9-10H2,1-4H3. The summed E-state index contributed by atoms with van der Waals surface area (Å²) in [6.45, 7) is 6.08. The Hall–Kier alpha value is -2.60. The first-order chi connectivity index (χ1) is 12.0. The maximum Gasteiger partial charge on any atom is 0.160 e. The first-order valence-electron chi connectivity index (χ1n) is 8.38. The second-order valence-corrected chi connectivity index (χ2v) is 6.21. The Bertz CT molecular complexity index is 871. The Balaban J connectivity index is 1.99. The molecule has 1 unspecified atom stereocenters. The van der Waals surface area contributed by atoms with Crippen LogP contribution in [0.2, 0.25) is 0 Å². The van der Waals surface area contributed by atoms with Gasteiger partial charge in [0.05, 0.1) is 18.8 Å². The number of aliphatic hydroxyl groups is 1. The number of ether oxygens (including phenoxy) is 1. The molecule has 25 heavy (non-hydrogen) atoms. The average molecular weight is 340 g/mol. The number of methoxy groups -OCH3 is 1. The first-order valence-corrected chi connectivity index (χ1v) is 8.38. The fourth-order valence-electron chi connectivity index (χ4n) is 2.92. The molecule has 0 aliphatic rings. The summed E-state index contributed by atoms with van der Waals surface area (Å²) in [4.78, 5) is 4.60. The van der Waals surface area contributed by atoms with E-state index in [0.29, 0.717) is 6.42 Å². The van der Waals surface area contributed by atoms with Crippen molar-refractivity contribution in [2.45, 2.75) is 33.2 Å². The minimum Gasteiger partial charge on any atom is -0.497 e. The second-order valence-electron chi connectivity index (χ2n) is 6.21. The van der Waals surface area contributed by atoms with Gasteiger partial charge in [0.2, 0.25) is 0 Å². The highest BCUT2D eigenvalue weighted by atomic mass is 16.5. The predicted octanol–water partition coefficient (Wildman–Crippen LogP) is 3.20. The fourth-order valence-corrected chi connectivity index (χ4v) is 2.92. The lowest BCUT2D eigenvalue weighted by Gasteiger charge is -2.20. The summed E-state index contributed by atoms with van der Waals surface area (Å²) >= 11 is 0. The van der Waals surface area contributed by atoms with Gasteiger partial charge in [0.1, 0.15) is 11.6 Å². The summed E-state index contributed by atoms with van der Waals surface area (Å²) in [7, 11) is 1.65. The van der Waals surface area contributed by atoms with Crippen molar-refractivity contribution in [1.82, 2.24) is 14.6 Å². The van der Waals surface area contributed by atoms with Crippen LogP contribution in [-0.2, 0) is 0 Å². The van der Waals surface area contributed by atoms with Gasteiger partial charge in [-0.3, -0.25) is 0 Å². The molecule has 0 saturated carbocycles. The third-order valence-electron chi connectivity index (χ3n) is 4.44. The molecule has 2 aromatic heterocycles. The van der Waals surface area contributed by atoms with E-state index in [-0.39, 0.29) is 12.6 Å². The minimum absolute atomic E-state index is 0.0364. The third-order valence-corrected chi connectivity index (χ3v) is 4.44. The quantitative estimate of drug-likeness (QED) is 0.721. The van der Waals surface area contributed by atoms with Crippen molar-refractivity contribution in [2.75, 3.05) is 19.0 Å². The van der Waals surface area contributed by atoms with Crippen LogP contribution in [0, 0.1) is 20.8 Å². The van der Waals surface area contributed by atoms with E-state index in [1.807, 2.05) is 55.6 Å². The van der Waals surface area contributed by atoms with Crippen LogP contribution in [0.15, 0.2) is 30.3 Å². The number of nitrogens with zero attached hydrogens (tertiary/aromatic N) is 3. The van der Waals surface area contributed by atoms with Crippen LogP contribution >= 0.6 is 0 Å². The van der Waals surface area contributed by atoms with Gasteiger partial charge in [0.25, 0.3) is 0 Å². The molecular formula is C19H24N4O2. The first kappa shape index (κ1) is 17.2. The highest BCUT2D eigenvalue weighted by molar-refractivity contribution is 5.56. The molecule has 3 rings (SSSR count). The van der Waals surface area contributed by atoms with Crippen LogP contribution in [-0.4, -0.2) is 33.4 Å².